The van der Waals surface area contributed by atoms with Gasteiger partial charge >= 0.3 is 5.97 Å². The second-order valence-corrected chi connectivity index (χ2v) is 6.00. The highest BCUT2D eigenvalue weighted by molar-refractivity contribution is 7.13. The van der Waals surface area contributed by atoms with Crippen molar-refractivity contribution in [2.75, 3.05) is 0 Å². The predicted molar refractivity (Wildman–Crippen MR) is 79.1 cm³/mol. The van der Waals surface area contributed by atoms with Gasteiger partial charge in [0.15, 0.2) is 0 Å². The molecule has 0 atom stereocenters. The molecule has 0 saturated carbocycles. The van der Waals surface area contributed by atoms with Crippen molar-refractivity contribution in [1.29, 1.82) is 0 Å². The van der Waals surface area contributed by atoms with Crippen molar-refractivity contribution < 1.29 is 14.7 Å². The first-order chi connectivity index (χ1) is 9.46. The number of hydrogen-bond donors (Lipinski definition) is 2. The molecule has 0 radical (unpaired) electrons. The maximum atomic E-state index is 12.2. The number of carboxylic acids is 1. The molecule has 5 nitrogen and oxygen atoms in total. The lowest BCUT2D eigenvalue weighted by molar-refractivity contribution is -0.138. The van der Waals surface area contributed by atoms with Crippen molar-refractivity contribution in [1.82, 2.24) is 10.3 Å². The minimum atomic E-state index is -0.898. The Bertz CT molecular complexity index is 467. The molecule has 1 aromatic rings. The Kier molecular flexibility index (Phi) is 6.13. The smallest absolute Gasteiger partial charge is 0.305 e. The largest absolute Gasteiger partial charge is 0.481 e. The molecular weight excluding hydrogens is 276 g/mol. The number of thiazole rings is 1. The van der Waals surface area contributed by atoms with E-state index in [-0.39, 0.29) is 12.3 Å². The fourth-order valence-corrected chi connectivity index (χ4v) is 2.97. The standard InChI is InChI=1S/C14H22N2O3S/c1-4-7-11-15-9-10(20-11)13(19)16-14(5-2,6-3)8-12(17)18/h9H,4-8H2,1-3H3,(H,16,19)(H,17,18). The second kappa shape index (κ2) is 7.38. The van der Waals surface area contributed by atoms with Crippen LogP contribution in [-0.4, -0.2) is 27.5 Å². The highest BCUT2D eigenvalue weighted by Crippen LogP contribution is 2.22. The molecule has 0 aliphatic rings. The number of amides is 1. The van der Waals surface area contributed by atoms with Gasteiger partial charge in [0.25, 0.3) is 5.91 Å². The number of carbonyl (C=O) groups excluding carboxylic acids is 1. The van der Waals surface area contributed by atoms with Gasteiger partial charge in [0.2, 0.25) is 0 Å². The van der Waals surface area contributed by atoms with E-state index in [2.05, 4.69) is 17.2 Å². The first kappa shape index (κ1) is 16.6. The summed E-state index contributed by atoms with van der Waals surface area (Å²) in [6.07, 6.45) is 4.53. The monoisotopic (exact) mass is 298 g/mol. The van der Waals surface area contributed by atoms with Crippen LogP contribution < -0.4 is 5.32 Å². The Morgan fingerprint density at radius 1 is 1.35 bits per heavy atom. The quantitative estimate of drug-likeness (QED) is 0.773. The maximum absolute atomic E-state index is 12.2. The fourth-order valence-electron chi connectivity index (χ4n) is 2.06. The number of rotatable bonds is 8. The Morgan fingerprint density at radius 2 is 2.00 bits per heavy atom. The van der Waals surface area contributed by atoms with Crippen molar-refractivity contribution >= 4 is 23.2 Å². The molecule has 0 bridgehead atoms. The molecule has 0 aromatic carbocycles. The van der Waals surface area contributed by atoms with Crippen LogP contribution in [0.15, 0.2) is 6.20 Å². The summed E-state index contributed by atoms with van der Waals surface area (Å²) in [5.41, 5.74) is -0.683. The Hall–Kier alpha value is -1.43. The third kappa shape index (κ3) is 4.30. The normalized spacial score (nSPS) is 11.3. The Morgan fingerprint density at radius 3 is 2.50 bits per heavy atom. The molecule has 0 saturated heterocycles. The van der Waals surface area contributed by atoms with Crippen LogP contribution in [0.3, 0.4) is 0 Å². The minimum absolute atomic E-state index is 0.0631. The molecule has 6 heteroatoms. The van der Waals surface area contributed by atoms with Gasteiger partial charge in [0, 0.05) is 0 Å². The molecule has 0 aliphatic carbocycles. The fraction of sp³-hybridized carbons (Fsp3) is 0.643. The number of aryl methyl sites for hydroxylation is 1. The number of hydrogen-bond acceptors (Lipinski definition) is 4. The minimum Gasteiger partial charge on any atom is -0.481 e. The number of carboxylic acid groups (broad SMARTS) is 1. The van der Waals surface area contributed by atoms with Gasteiger partial charge < -0.3 is 10.4 Å². The van der Waals surface area contributed by atoms with E-state index in [1.807, 2.05) is 13.8 Å². The lowest BCUT2D eigenvalue weighted by Crippen LogP contribution is -2.48. The molecule has 2 N–H and O–H groups in total. The van der Waals surface area contributed by atoms with E-state index in [1.54, 1.807) is 6.20 Å². The lowest BCUT2D eigenvalue weighted by atomic mass is 9.89. The Labute approximate surface area is 123 Å². The zero-order chi connectivity index (χ0) is 15.2. The lowest BCUT2D eigenvalue weighted by Gasteiger charge is -2.31. The Balaban J connectivity index is 2.81. The van der Waals surface area contributed by atoms with Crippen molar-refractivity contribution in [2.45, 2.75) is 58.4 Å². The van der Waals surface area contributed by atoms with Crippen LogP contribution in [0.4, 0.5) is 0 Å². The summed E-state index contributed by atoms with van der Waals surface area (Å²) in [5.74, 6) is -1.13. The summed E-state index contributed by atoms with van der Waals surface area (Å²) < 4.78 is 0. The average molecular weight is 298 g/mol. The van der Waals surface area contributed by atoms with Crippen molar-refractivity contribution in [3.05, 3.63) is 16.1 Å². The zero-order valence-electron chi connectivity index (χ0n) is 12.2. The van der Waals surface area contributed by atoms with Crippen LogP contribution in [0.2, 0.25) is 0 Å². The van der Waals surface area contributed by atoms with Gasteiger partial charge in [-0.15, -0.1) is 11.3 Å². The number of aromatic nitrogens is 1. The van der Waals surface area contributed by atoms with Gasteiger partial charge in [0.05, 0.1) is 23.2 Å². The predicted octanol–water partition coefficient (Wildman–Crippen LogP) is 2.86. The maximum Gasteiger partial charge on any atom is 0.305 e. The van der Waals surface area contributed by atoms with Gasteiger partial charge in [-0.05, 0) is 25.7 Å². The summed E-state index contributed by atoms with van der Waals surface area (Å²) in [6, 6.07) is 0. The second-order valence-electron chi connectivity index (χ2n) is 4.88. The highest BCUT2D eigenvalue weighted by Gasteiger charge is 2.31. The number of aliphatic carboxylic acids is 1. The van der Waals surface area contributed by atoms with Crippen molar-refractivity contribution in [2.24, 2.45) is 0 Å². The van der Waals surface area contributed by atoms with Crippen molar-refractivity contribution in [3.63, 3.8) is 0 Å². The topological polar surface area (TPSA) is 79.3 Å². The van der Waals surface area contributed by atoms with Crippen LogP contribution in [0.1, 0.15) is 61.1 Å². The van der Waals surface area contributed by atoms with E-state index in [0.717, 1.165) is 17.8 Å². The SMILES string of the molecule is CCCc1ncc(C(=O)NC(CC)(CC)CC(=O)O)s1. The molecule has 0 fully saturated rings. The van der Waals surface area contributed by atoms with Gasteiger partial charge in [-0.2, -0.15) is 0 Å². The summed E-state index contributed by atoms with van der Waals surface area (Å²) in [4.78, 5) is 28.0. The molecule has 0 aliphatic heterocycles. The van der Waals surface area contributed by atoms with Gasteiger partial charge in [-0.25, -0.2) is 4.98 Å². The first-order valence-corrected chi connectivity index (χ1v) is 7.77. The van der Waals surface area contributed by atoms with E-state index in [4.69, 9.17) is 5.11 Å². The molecule has 0 unspecified atom stereocenters. The molecule has 1 aromatic heterocycles. The van der Waals surface area contributed by atoms with E-state index in [9.17, 15) is 9.59 Å². The summed E-state index contributed by atoms with van der Waals surface area (Å²) in [7, 11) is 0. The number of nitrogens with one attached hydrogen (secondary N) is 1. The summed E-state index contributed by atoms with van der Waals surface area (Å²) >= 11 is 1.38. The van der Waals surface area contributed by atoms with E-state index in [0.29, 0.717) is 17.7 Å². The van der Waals surface area contributed by atoms with E-state index < -0.39 is 11.5 Å². The summed E-state index contributed by atoms with van der Waals surface area (Å²) in [5, 5.41) is 12.8. The molecule has 1 rings (SSSR count). The molecule has 112 valence electrons. The summed E-state index contributed by atoms with van der Waals surface area (Å²) in [6.45, 7) is 5.84. The third-order valence-electron chi connectivity index (χ3n) is 3.46. The molecule has 1 heterocycles. The molecule has 0 spiro atoms. The highest BCUT2D eigenvalue weighted by atomic mass is 32.1. The van der Waals surface area contributed by atoms with Gasteiger partial charge in [0.1, 0.15) is 4.88 Å². The van der Waals surface area contributed by atoms with Crippen LogP contribution in [0.25, 0.3) is 0 Å². The van der Waals surface area contributed by atoms with E-state index >= 15 is 0 Å². The van der Waals surface area contributed by atoms with Crippen LogP contribution in [0, 0.1) is 0 Å². The zero-order valence-corrected chi connectivity index (χ0v) is 13.0. The van der Waals surface area contributed by atoms with E-state index in [1.165, 1.54) is 11.3 Å². The van der Waals surface area contributed by atoms with Crippen molar-refractivity contribution in [3.8, 4) is 0 Å². The third-order valence-corrected chi connectivity index (χ3v) is 4.52. The van der Waals surface area contributed by atoms with Crippen LogP contribution >= 0.6 is 11.3 Å². The molecule has 1 amide bonds. The molecule has 20 heavy (non-hydrogen) atoms. The van der Waals surface area contributed by atoms with Gasteiger partial charge in [-0.1, -0.05) is 20.8 Å². The van der Waals surface area contributed by atoms with Crippen LogP contribution in [0.5, 0.6) is 0 Å². The number of nitrogens with zero attached hydrogens (tertiary/aromatic N) is 1. The molecular formula is C14H22N2O3S. The van der Waals surface area contributed by atoms with Gasteiger partial charge in [-0.3, -0.25) is 9.59 Å². The average Bonchev–Trinajstić information content (AvgIpc) is 2.86. The number of carbonyl (C=O) groups is 2. The van der Waals surface area contributed by atoms with Crippen LogP contribution in [-0.2, 0) is 11.2 Å². The first-order valence-electron chi connectivity index (χ1n) is 6.95.